The number of carbonyl (C=O) groups excluding carboxylic acids is 1. The van der Waals surface area contributed by atoms with Crippen molar-refractivity contribution < 1.29 is 9.53 Å². The molecule has 2 rings (SSSR count). The monoisotopic (exact) mass is 282 g/mol. The van der Waals surface area contributed by atoms with Gasteiger partial charge in [-0.25, -0.2) is 0 Å². The van der Waals surface area contributed by atoms with Gasteiger partial charge in [-0.1, -0.05) is 32.1 Å². The van der Waals surface area contributed by atoms with Crippen LogP contribution in [-0.4, -0.2) is 62.7 Å². The Bertz CT molecular complexity index is 303. The Balaban J connectivity index is 1.72. The van der Waals surface area contributed by atoms with Gasteiger partial charge < -0.3 is 9.64 Å². The summed E-state index contributed by atoms with van der Waals surface area (Å²) in [6, 6.07) is 0. The minimum absolute atomic E-state index is 0.293. The van der Waals surface area contributed by atoms with Gasteiger partial charge in [-0.2, -0.15) is 0 Å². The van der Waals surface area contributed by atoms with E-state index in [-0.39, 0.29) is 0 Å². The normalized spacial score (nSPS) is 24.6. The van der Waals surface area contributed by atoms with E-state index in [1.807, 2.05) is 7.05 Å². The number of likely N-dealkylation sites (N-methyl/N-ethyl adjacent to an activating group) is 1. The van der Waals surface area contributed by atoms with E-state index in [1.165, 1.54) is 38.5 Å². The number of likely N-dealkylation sites (tertiary alicyclic amines) is 1. The van der Waals surface area contributed by atoms with Gasteiger partial charge in [0, 0.05) is 26.7 Å². The summed E-state index contributed by atoms with van der Waals surface area (Å²) in [6.45, 7) is 4.01. The van der Waals surface area contributed by atoms with Crippen LogP contribution in [-0.2, 0) is 9.53 Å². The van der Waals surface area contributed by atoms with Crippen molar-refractivity contribution in [3.05, 3.63) is 0 Å². The SMILES string of the molecule is COCCN(C)CC(=O)N1CCC(C2CCCCC2)C1. The number of hydrogen-bond donors (Lipinski definition) is 0. The highest BCUT2D eigenvalue weighted by Gasteiger charge is 2.32. The molecule has 1 unspecified atom stereocenters. The first kappa shape index (κ1) is 15.8. The lowest BCUT2D eigenvalue weighted by Crippen LogP contribution is -2.39. The number of methoxy groups -OCH3 is 1. The summed E-state index contributed by atoms with van der Waals surface area (Å²) in [5, 5.41) is 0. The van der Waals surface area contributed by atoms with Crippen LogP contribution in [0.4, 0.5) is 0 Å². The van der Waals surface area contributed by atoms with Crippen LogP contribution >= 0.6 is 0 Å². The highest BCUT2D eigenvalue weighted by molar-refractivity contribution is 5.78. The third-order valence-corrected chi connectivity index (χ3v) is 4.98. The fraction of sp³-hybridized carbons (Fsp3) is 0.938. The number of amides is 1. The Hall–Kier alpha value is -0.610. The second-order valence-corrected chi connectivity index (χ2v) is 6.52. The molecule has 0 aromatic carbocycles. The zero-order valence-electron chi connectivity index (χ0n) is 13.1. The van der Waals surface area contributed by atoms with E-state index in [0.717, 1.165) is 31.5 Å². The smallest absolute Gasteiger partial charge is 0.236 e. The summed E-state index contributed by atoms with van der Waals surface area (Å²) in [6.07, 6.45) is 8.21. The molecule has 0 N–H and O–H groups in total. The van der Waals surface area contributed by atoms with Crippen LogP contribution in [0.1, 0.15) is 38.5 Å². The van der Waals surface area contributed by atoms with Crippen LogP contribution in [0.2, 0.25) is 0 Å². The summed E-state index contributed by atoms with van der Waals surface area (Å²) in [7, 11) is 3.69. The Kier molecular flexibility index (Phi) is 6.30. The molecular weight excluding hydrogens is 252 g/mol. The molecule has 1 atom stereocenters. The Morgan fingerprint density at radius 3 is 2.65 bits per heavy atom. The molecule has 0 spiro atoms. The second-order valence-electron chi connectivity index (χ2n) is 6.52. The van der Waals surface area contributed by atoms with Crippen molar-refractivity contribution >= 4 is 5.91 Å². The maximum Gasteiger partial charge on any atom is 0.236 e. The molecule has 0 radical (unpaired) electrons. The van der Waals surface area contributed by atoms with Crippen LogP contribution in [0, 0.1) is 11.8 Å². The predicted molar refractivity (Wildman–Crippen MR) is 80.6 cm³/mol. The van der Waals surface area contributed by atoms with Crippen molar-refractivity contribution in [2.24, 2.45) is 11.8 Å². The minimum atomic E-state index is 0.293. The molecule has 20 heavy (non-hydrogen) atoms. The molecule has 4 nitrogen and oxygen atoms in total. The highest BCUT2D eigenvalue weighted by atomic mass is 16.5. The van der Waals surface area contributed by atoms with E-state index < -0.39 is 0 Å². The third kappa shape index (κ3) is 4.45. The van der Waals surface area contributed by atoms with E-state index in [4.69, 9.17) is 4.74 Å². The number of nitrogens with zero attached hydrogens (tertiary/aromatic N) is 2. The van der Waals surface area contributed by atoms with Gasteiger partial charge >= 0.3 is 0 Å². The highest BCUT2D eigenvalue weighted by Crippen LogP contribution is 2.34. The number of hydrogen-bond acceptors (Lipinski definition) is 3. The summed E-state index contributed by atoms with van der Waals surface area (Å²) in [5.41, 5.74) is 0. The molecular formula is C16H30N2O2. The summed E-state index contributed by atoms with van der Waals surface area (Å²) < 4.78 is 5.05. The molecule has 1 saturated heterocycles. The lowest BCUT2D eigenvalue weighted by Gasteiger charge is -2.27. The van der Waals surface area contributed by atoms with Crippen LogP contribution in [0.3, 0.4) is 0 Å². The number of ether oxygens (including phenoxy) is 1. The maximum absolute atomic E-state index is 12.3. The quantitative estimate of drug-likeness (QED) is 0.747. The van der Waals surface area contributed by atoms with Crippen LogP contribution in [0.15, 0.2) is 0 Å². The van der Waals surface area contributed by atoms with Crippen molar-refractivity contribution in [2.75, 3.05) is 46.9 Å². The third-order valence-electron chi connectivity index (χ3n) is 4.98. The topological polar surface area (TPSA) is 32.8 Å². The van der Waals surface area contributed by atoms with Gasteiger partial charge in [0.2, 0.25) is 5.91 Å². The van der Waals surface area contributed by atoms with Crippen molar-refractivity contribution in [1.82, 2.24) is 9.80 Å². The van der Waals surface area contributed by atoms with E-state index in [2.05, 4.69) is 9.80 Å². The first-order valence-electron chi connectivity index (χ1n) is 8.16. The molecule has 2 fully saturated rings. The molecule has 0 aromatic rings. The fourth-order valence-corrected chi connectivity index (χ4v) is 3.66. The lowest BCUT2D eigenvalue weighted by atomic mass is 9.80. The first-order chi connectivity index (χ1) is 9.70. The van der Waals surface area contributed by atoms with E-state index in [1.54, 1.807) is 7.11 Å². The van der Waals surface area contributed by atoms with E-state index in [0.29, 0.717) is 19.1 Å². The molecule has 2 aliphatic rings. The van der Waals surface area contributed by atoms with Crippen molar-refractivity contribution in [2.45, 2.75) is 38.5 Å². The molecule has 1 saturated carbocycles. The maximum atomic E-state index is 12.3. The first-order valence-corrected chi connectivity index (χ1v) is 8.16. The summed E-state index contributed by atoms with van der Waals surface area (Å²) in [4.78, 5) is 16.4. The fourth-order valence-electron chi connectivity index (χ4n) is 3.66. The van der Waals surface area contributed by atoms with Gasteiger partial charge in [0.05, 0.1) is 13.2 Å². The van der Waals surface area contributed by atoms with Gasteiger partial charge in [-0.15, -0.1) is 0 Å². The Morgan fingerprint density at radius 2 is 1.95 bits per heavy atom. The zero-order valence-corrected chi connectivity index (χ0v) is 13.1. The van der Waals surface area contributed by atoms with Crippen LogP contribution < -0.4 is 0 Å². The Labute approximate surface area is 123 Å². The summed E-state index contributed by atoms with van der Waals surface area (Å²) >= 11 is 0. The van der Waals surface area contributed by atoms with E-state index >= 15 is 0 Å². The molecule has 116 valence electrons. The van der Waals surface area contributed by atoms with Crippen molar-refractivity contribution in [3.8, 4) is 0 Å². The Morgan fingerprint density at radius 1 is 1.20 bits per heavy atom. The van der Waals surface area contributed by atoms with Gasteiger partial charge in [-0.05, 0) is 25.3 Å². The van der Waals surface area contributed by atoms with Gasteiger partial charge in [0.1, 0.15) is 0 Å². The zero-order chi connectivity index (χ0) is 14.4. The van der Waals surface area contributed by atoms with E-state index in [9.17, 15) is 4.79 Å². The minimum Gasteiger partial charge on any atom is -0.383 e. The number of rotatable bonds is 6. The molecule has 1 aliphatic carbocycles. The summed E-state index contributed by atoms with van der Waals surface area (Å²) in [5.74, 6) is 1.94. The van der Waals surface area contributed by atoms with Crippen LogP contribution in [0.25, 0.3) is 0 Å². The predicted octanol–water partition coefficient (Wildman–Crippen LogP) is 1.99. The molecule has 1 aliphatic heterocycles. The van der Waals surface area contributed by atoms with Gasteiger partial charge in [0.25, 0.3) is 0 Å². The average Bonchev–Trinajstić information content (AvgIpc) is 2.96. The standard InChI is InChI=1S/C16H30N2O2/c1-17(10-11-20-2)13-16(19)18-9-8-15(12-18)14-6-4-3-5-7-14/h14-15H,3-13H2,1-2H3. The molecule has 0 bridgehead atoms. The molecule has 0 aromatic heterocycles. The largest absolute Gasteiger partial charge is 0.383 e. The van der Waals surface area contributed by atoms with Crippen LogP contribution in [0.5, 0.6) is 0 Å². The van der Waals surface area contributed by atoms with Crippen molar-refractivity contribution in [1.29, 1.82) is 0 Å². The molecule has 4 heteroatoms. The van der Waals surface area contributed by atoms with Gasteiger partial charge in [-0.3, -0.25) is 9.69 Å². The average molecular weight is 282 g/mol. The second kappa shape index (κ2) is 7.99. The lowest BCUT2D eigenvalue weighted by molar-refractivity contribution is -0.131. The molecule has 1 amide bonds. The van der Waals surface area contributed by atoms with Gasteiger partial charge in [0.15, 0.2) is 0 Å². The number of carbonyl (C=O) groups is 1. The van der Waals surface area contributed by atoms with Crippen molar-refractivity contribution in [3.63, 3.8) is 0 Å². The molecule has 1 heterocycles.